The summed E-state index contributed by atoms with van der Waals surface area (Å²) in [6.45, 7) is 0. The van der Waals surface area contributed by atoms with Gasteiger partial charge in [-0.15, -0.1) is 0 Å². The summed E-state index contributed by atoms with van der Waals surface area (Å²) in [5.74, 6) is -0.706. The molecule has 3 aromatic carbocycles. The minimum Gasteiger partial charge on any atom is -0.268 e. The van der Waals surface area contributed by atoms with E-state index in [0.29, 0.717) is 0 Å². The van der Waals surface area contributed by atoms with Crippen LogP contribution in [-0.4, -0.2) is 29.6 Å². The lowest BCUT2D eigenvalue weighted by Crippen LogP contribution is -2.48. The number of para-hydroxylation sites is 1. The normalized spacial score (nSPS) is 16.3. The lowest BCUT2D eigenvalue weighted by molar-refractivity contribution is -0.387. The first-order chi connectivity index (χ1) is 14.9. The molecule has 1 aliphatic rings. The van der Waals surface area contributed by atoms with Crippen LogP contribution in [0.3, 0.4) is 0 Å². The van der Waals surface area contributed by atoms with Crippen LogP contribution in [0.5, 0.6) is 0 Å². The first-order valence-electron chi connectivity index (χ1n) is 9.53. The van der Waals surface area contributed by atoms with Gasteiger partial charge >= 0.3 is 0 Å². The largest absolute Gasteiger partial charge is 0.289 e. The zero-order chi connectivity index (χ0) is 22.0. The number of hydrogen-bond acceptors (Lipinski definition) is 5. The van der Waals surface area contributed by atoms with Crippen molar-refractivity contribution in [2.75, 3.05) is 0 Å². The van der Waals surface area contributed by atoms with Crippen molar-refractivity contribution < 1.29 is 18.1 Å². The van der Waals surface area contributed by atoms with Crippen LogP contribution < -0.4 is 0 Å². The summed E-state index contributed by atoms with van der Waals surface area (Å²) in [4.78, 5) is 23.5. The fourth-order valence-electron chi connectivity index (χ4n) is 3.64. The Morgan fingerprint density at radius 2 is 1.58 bits per heavy atom. The molecule has 7 nitrogen and oxygen atoms in total. The molecule has 31 heavy (non-hydrogen) atoms. The van der Waals surface area contributed by atoms with Crippen molar-refractivity contribution in [3.8, 4) is 0 Å². The quantitative estimate of drug-likeness (QED) is 0.445. The van der Waals surface area contributed by atoms with Crippen LogP contribution in [0.4, 0.5) is 5.69 Å². The predicted octanol–water partition coefficient (Wildman–Crippen LogP) is 4.06. The molecule has 0 saturated heterocycles. The van der Waals surface area contributed by atoms with E-state index < -0.39 is 37.5 Å². The minimum absolute atomic E-state index is 0.269. The van der Waals surface area contributed by atoms with Gasteiger partial charge in [-0.1, -0.05) is 72.8 Å². The number of sulfonamides is 1. The smallest absolute Gasteiger partial charge is 0.268 e. The molecule has 1 atom stereocenters. The number of carbonyl (C=O) groups is 1. The number of fused-ring (bicyclic) bond motifs is 1. The molecule has 1 amide bonds. The van der Waals surface area contributed by atoms with E-state index in [1.165, 1.54) is 12.1 Å². The maximum atomic E-state index is 13.5. The second kappa shape index (κ2) is 8.16. The molecular formula is C23H18N2O5S. The fraction of sp³-hybridized carbons (Fsp3) is 0.0870. The summed E-state index contributed by atoms with van der Waals surface area (Å²) >= 11 is 0. The number of nitro benzene ring substituents is 1. The van der Waals surface area contributed by atoms with Gasteiger partial charge in [0.25, 0.3) is 21.6 Å². The number of benzene rings is 3. The molecule has 0 radical (unpaired) electrons. The van der Waals surface area contributed by atoms with E-state index in [2.05, 4.69) is 0 Å². The summed E-state index contributed by atoms with van der Waals surface area (Å²) in [6, 6.07) is 20.3. The molecule has 3 aromatic rings. The average molecular weight is 434 g/mol. The topological polar surface area (TPSA) is 97.6 Å². The monoisotopic (exact) mass is 434 g/mol. The predicted molar refractivity (Wildman–Crippen MR) is 116 cm³/mol. The van der Waals surface area contributed by atoms with Crippen LogP contribution in [-0.2, 0) is 16.4 Å². The van der Waals surface area contributed by atoms with Crippen molar-refractivity contribution >= 4 is 27.7 Å². The molecule has 8 heteroatoms. The Morgan fingerprint density at radius 3 is 2.32 bits per heavy atom. The van der Waals surface area contributed by atoms with Crippen molar-refractivity contribution in [3.63, 3.8) is 0 Å². The molecule has 0 bridgehead atoms. The second-order valence-electron chi connectivity index (χ2n) is 7.03. The van der Waals surface area contributed by atoms with Crippen LogP contribution in [0.2, 0.25) is 0 Å². The minimum atomic E-state index is -4.49. The highest BCUT2D eigenvalue weighted by molar-refractivity contribution is 7.89. The number of hydrogen-bond donors (Lipinski definition) is 0. The molecular weight excluding hydrogens is 416 g/mol. The van der Waals surface area contributed by atoms with Gasteiger partial charge in [0.2, 0.25) is 0 Å². The highest BCUT2D eigenvalue weighted by atomic mass is 32.2. The number of nitrogens with zero attached hydrogens (tertiary/aromatic N) is 2. The Morgan fingerprint density at radius 1 is 0.935 bits per heavy atom. The van der Waals surface area contributed by atoms with Gasteiger partial charge in [-0.05, 0) is 29.7 Å². The summed E-state index contributed by atoms with van der Waals surface area (Å²) in [5, 5.41) is 11.4. The second-order valence-corrected chi connectivity index (χ2v) is 8.81. The third-order valence-electron chi connectivity index (χ3n) is 5.09. The lowest BCUT2D eigenvalue weighted by Gasteiger charge is -2.34. The van der Waals surface area contributed by atoms with Crippen molar-refractivity contribution in [1.29, 1.82) is 0 Å². The van der Waals surface area contributed by atoms with Gasteiger partial charge < -0.3 is 0 Å². The van der Waals surface area contributed by atoms with E-state index in [0.717, 1.165) is 27.6 Å². The fourth-order valence-corrected chi connectivity index (χ4v) is 5.32. The molecule has 0 fully saturated rings. The van der Waals surface area contributed by atoms with E-state index in [1.807, 2.05) is 30.3 Å². The molecule has 0 aliphatic carbocycles. The maximum Gasteiger partial charge on any atom is 0.289 e. The lowest BCUT2D eigenvalue weighted by atomic mass is 9.94. The van der Waals surface area contributed by atoms with E-state index in [4.69, 9.17) is 0 Å². The summed E-state index contributed by atoms with van der Waals surface area (Å²) in [6.07, 6.45) is 3.66. The van der Waals surface area contributed by atoms with Gasteiger partial charge in [-0.25, -0.2) is 12.7 Å². The first kappa shape index (κ1) is 20.5. The highest BCUT2D eigenvalue weighted by Gasteiger charge is 2.42. The molecule has 0 unspecified atom stereocenters. The van der Waals surface area contributed by atoms with Gasteiger partial charge in [0.1, 0.15) is 0 Å². The third kappa shape index (κ3) is 3.85. The van der Waals surface area contributed by atoms with E-state index >= 15 is 0 Å². The summed E-state index contributed by atoms with van der Waals surface area (Å²) in [5.41, 5.74) is 1.27. The van der Waals surface area contributed by atoms with Crippen LogP contribution in [0, 0.1) is 10.1 Å². The number of rotatable bonds is 5. The number of carbonyl (C=O) groups excluding carboxylic acids is 1. The van der Waals surface area contributed by atoms with E-state index in [9.17, 15) is 23.3 Å². The zero-order valence-electron chi connectivity index (χ0n) is 16.3. The van der Waals surface area contributed by atoms with Crippen LogP contribution >= 0.6 is 0 Å². The van der Waals surface area contributed by atoms with Crippen LogP contribution in [0.15, 0.2) is 89.8 Å². The average Bonchev–Trinajstić information content (AvgIpc) is 2.78. The molecule has 156 valence electrons. The van der Waals surface area contributed by atoms with Gasteiger partial charge in [0.05, 0.1) is 11.0 Å². The van der Waals surface area contributed by atoms with Gasteiger partial charge in [-0.2, -0.15) is 0 Å². The molecule has 0 N–H and O–H groups in total. The Balaban J connectivity index is 1.85. The first-order valence-corrected chi connectivity index (χ1v) is 11.0. The van der Waals surface area contributed by atoms with Gasteiger partial charge in [0.15, 0.2) is 4.90 Å². The highest BCUT2D eigenvalue weighted by Crippen LogP contribution is 2.33. The Bertz CT molecular complexity index is 1290. The molecule has 1 aliphatic heterocycles. The molecule has 0 saturated carbocycles. The van der Waals surface area contributed by atoms with Crippen molar-refractivity contribution in [3.05, 3.63) is 112 Å². The van der Waals surface area contributed by atoms with Crippen LogP contribution in [0.1, 0.15) is 21.5 Å². The van der Waals surface area contributed by atoms with Crippen molar-refractivity contribution in [1.82, 2.24) is 4.31 Å². The number of amides is 1. The third-order valence-corrected chi connectivity index (χ3v) is 6.94. The molecule has 1 heterocycles. The Hall–Kier alpha value is -3.78. The number of nitro groups is 1. The molecule has 0 aromatic heterocycles. The summed E-state index contributed by atoms with van der Waals surface area (Å²) in [7, 11) is -4.49. The Labute approximate surface area is 179 Å². The van der Waals surface area contributed by atoms with Crippen molar-refractivity contribution in [2.24, 2.45) is 0 Å². The van der Waals surface area contributed by atoms with Crippen LogP contribution in [0.25, 0.3) is 6.08 Å². The van der Waals surface area contributed by atoms with E-state index in [-0.39, 0.29) is 12.0 Å². The summed E-state index contributed by atoms with van der Waals surface area (Å²) < 4.78 is 27.8. The zero-order valence-corrected chi connectivity index (χ0v) is 17.1. The Kier molecular flexibility index (Phi) is 5.39. The SMILES string of the molecule is O=C1c2ccccc2C[C@@H](/C=C/c2ccccc2)N1S(=O)(=O)c1ccccc1[N+](=O)[O-]. The molecule has 0 spiro atoms. The molecule has 4 rings (SSSR count). The van der Waals surface area contributed by atoms with E-state index in [1.54, 1.807) is 36.4 Å². The van der Waals surface area contributed by atoms with Crippen molar-refractivity contribution in [2.45, 2.75) is 17.4 Å². The maximum absolute atomic E-state index is 13.5. The van der Waals surface area contributed by atoms with Gasteiger partial charge in [0, 0.05) is 11.6 Å². The standard InChI is InChI=1S/C23H18N2O5S/c26-23-20-11-5-4-10-18(20)16-19(15-14-17-8-2-1-3-9-17)24(23)31(29,30)22-13-7-6-12-21(22)25(27)28/h1-15,19H,16H2/b15-14+/t19-/m1/s1. The van der Waals surface area contributed by atoms with Gasteiger partial charge in [-0.3, -0.25) is 14.9 Å².